The Hall–Kier alpha value is -5.45. The molecule has 0 unspecified atom stereocenters. The van der Waals surface area contributed by atoms with Crippen molar-refractivity contribution in [2.75, 3.05) is 24.9 Å². The van der Waals surface area contributed by atoms with Crippen molar-refractivity contribution in [3.05, 3.63) is 102 Å². The third-order valence-electron chi connectivity index (χ3n) is 5.64. The van der Waals surface area contributed by atoms with E-state index in [9.17, 15) is 14.4 Å². The molecule has 204 valence electrons. The van der Waals surface area contributed by atoms with E-state index in [0.717, 1.165) is 5.56 Å². The average Bonchev–Trinajstić information content (AvgIpc) is 3.42. The highest BCUT2D eigenvalue weighted by atomic mass is 16.5. The molecule has 1 aromatic heterocycles. The van der Waals surface area contributed by atoms with Gasteiger partial charge in [-0.2, -0.15) is 0 Å². The molecule has 0 bridgehead atoms. The molecular formula is C29H28N6O5. The van der Waals surface area contributed by atoms with Gasteiger partial charge in [-0.3, -0.25) is 14.4 Å². The van der Waals surface area contributed by atoms with Crippen LogP contribution < -0.4 is 25.4 Å². The fourth-order valence-electron chi connectivity index (χ4n) is 3.72. The second-order valence-electron chi connectivity index (χ2n) is 8.49. The van der Waals surface area contributed by atoms with Gasteiger partial charge in [0.05, 0.1) is 38.2 Å². The van der Waals surface area contributed by atoms with Crippen LogP contribution in [0.25, 0.3) is 6.08 Å². The summed E-state index contributed by atoms with van der Waals surface area (Å²) in [5.74, 6) is 0.0575. The van der Waals surface area contributed by atoms with Crippen LogP contribution in [0.3, 0.4) is 0 Å². The molecule has 11 nitrogen and oxygen atoms in total. The largest absolute Gasteiger partial charge is 0.493 e. The number of anilines is 2. The minimum absolute atomic E-state index is 0.0263. The van der Waals surface area contributed by atoms with Gasteiger partial charge in [0.15, 0.2) is 11.5 Å². The number of aromatic nitrogens is 3. The number of amides is 3. The molecule has 1 heterocycles. The van der Waals surface area contributed by atoms with Crippen LogP contribution in [-0.4, -0.2) is 46.9 Å². The number of rotatable bonds is 11. The number of methoxy groups -OCH3 is 2. The molecule has 40 heavy (non-hydrogen) atoms. The molecular weight excluding hydrogens is 512 g/mol. The molecule has 11 heteroatoms. The van der Waals surface area contributed by atoms with Gasteiger partial charge in [-0.05, 0) is 48.0 Å². The summed E-state index contributed by atoms with van der Waals surface area (Å²) < 4.78 is 11.9. The lowest BCUT2D eigenvalue weighted by Gasteiger charge is -2.10. The van der Waals surface area contributed by atoms with Crippen molar-refractivity contribution in [2.45, 2.75) is 13.1 Å². The van der Waals surface area contributed by atoms with Crippen LogP contribution in [0.4, 0.5) is 11.4 Å². The molecule has 3 N–H and O–H groups in total. The maximum atomic E-state index is 12.9. The standard InChI is InChI=1S/C29H28N6O5/c1-39-25-14-12-20(16-26(25)40-2)13-15-27(36)32-24-11-7-6-10-23(24)29(38)30-17-22-18-35(34-33-22)19-28(37)31-21-8-4-3-5-9-21/h3-16,18H,17,19H2,1-2H3,(H,30,38)(H,31,37)(H,32,36). The van der Waals surface area contributed by atoms with E-state index < -0.39 is 11.8 Å². The Bertz CT molecular complexity index is 1520. The number of ether oxygens (including phenoxy) is 2. The van der Waals surface area contributed by atoms with Crippen LogP contribution in [0, 0.1) is 0 Å². The Morgan fingerprint density at radius 1 is 0.900 bits per heavy atom. The number of para-hydroxylation sites is 2. The first-order valence-electron chi connectivity index (χ1n) is 12.3. The predicted molar refractivity (Wildman–Crippen MR) is 150 cm³/mol. The summed E-state index contributed by atoms with van der Waals surface area (Å²) in [5, 5.41) is 16.2. The van der Waals surface area contributed by atoms with E-state index in [1.165, 1.54) is 17.9 Å². The minimum Gasteiger partial charge on any atom is -0.493 e. The normalized spacial score (nSPS) is 10.7. The summed E-state index contributed by atoms with van der Waals surface area (Å²) in [6.07, 6.45) is 4.57. The predicted octanol–water partition coefficient (Wildman–Crippen LogP) is 3.52. The minimum atomic E-state index is -0.410. The van der Waals surface area contributed by atoms with Gasteiger partial charge in [-0.25, -0.2) is 4.68 Å². The third kappa shape index (κ3) is 7.54. The van der Waals surface area contributed by atoms with Gasteiger partial charge in [0.25, 0.3) is 5.91 Å². The fourth-order valence-corrected chi connectivity index (χ4v) is 3.72. The van der Waals surface area contributed by atoms with Crippen LogP contribution >= 0.6 is 0 Å². The lowest BCUT2D eigenvalue weighted by molar-refractivity contribution is -0.117. The Labute approximate surface area is 230 Å². The first-order valence-corrected chi connectivity index (χ1v) is 12.3. The summed E-state index contributed by atoms with van der Waals surface area (Å²) in [6, 6.07) is 21.0. The quantitative estimate of drug-likeness (QED) is 0.248. The van der Waals surface area contributed by atoms with Crippen LogP contribution in [0.5, 0.6) is 11.5 Å². The van der Waals surface area contributed by atoms with Crippen molar-refractivity contribution in [3.63, 3.8) is 0 Å². The highest BCUT2D eigenvalue weighted by Gasteiger charge is 2.14. The van der Waals surface area contributed by atoms with E-state index >= 15 is 0 Å². The zero-order valence-electron chi connectivity index (χ0n) is 22.0. The van der Waals surface area contributed by atoms with Crippen molar-refractivity contribution in [2.24, 2.45) is 0 Å². The summed E-state index contributed by atoms with van der Waals surface area (Å²) in [7, 11) is 3.08. The van der Waals surface area contributed by atoms with Crippen molar-refractivity contribution >= 4 is 35.2 Å². The van der Waals surface area contributed by atoms with E-state index in [1.54, 1.807) is 74.0 Å². The smallest absolute Gasteiger partial charge is 0.253 e. The summed E-state index contributed by atoms with van der Waals surface area (Å²) in [6.45, 7) is 0.0577. The molecule has 4 rings (SSSR count). The number of hydrogen-bond acceptors (Lipinski definition) is 7. The number of nitrogens with one attached hydrogen (secondary N) is 3. The SMILES string of the molecule is COc1ccc(C=CC(=O)Nc2ccccc2C(=O)NCc2cn(CC(=O)Nc3ccccc3)nn2)cc1OC. The summed E-state index contributed by atoms with van der Waals surface area (Å²) in [5.41, 5.74) is 2.53. The van der Waals surface area contributed by atoms with Crippen molar-refractivity contribution in [1.29, 1.82) is 0 Å². The number of hydrogen-bond donors (Lipinski definition) is 3. The molecule has 0 saturated heterocycles. The van der Waals surface area contributed by atoms with E-state index in [1.807, 2.05) is 18.2 Å². The molecule has 0 spiro atoms. The lowest BCUT2D eigenvalue weighted by atomic mass is 10.1. The van der Waals surface area contributed by atoms with Gasteiger partial charge in [-0.15, -0.1) is 5.10 Å². The monoisotopic (exact) mass is 540 g/mol. The number of carbonyl (C=O) groups excluding carboxylic acids is 3. The summed E-state index contributed by atoms with van der Waals surface area (Å²) in [4.78, 5) is 37.7. The van der Waals surface area contributed by atoms with Gasteiger partial charge in [-0.1, -0.05) is 41.6 Å². The van der Waals surface area contributed by atoms with Gasteiger partial charge < -0.3 is 25.4 Å². The second kappa shape index (κ2) is 13.4. The molecule has 0 saturated carbocycles. The number of benzene rings is 3. The Kier molecular flexibility index (Phi) is 9.22. The van der Waals surface area contributed by atoms with Gasteiger partial charge in [0, 0.05) is 11.8 Å². The van der Waals surface area contributed by atoms with Crippen molar-refractivity contribution in [1.82, 2.24) is 20.3 Å². The third-order valence-corrected chi connectivity index (χ3v) is 5.64. The highest BCUT2D eigenvalue weighted by Crippen LogP contribution is 2.28. The van der Waals surface area contributed by atoms with Gasteiger partial charge in [0.2, 0.25) is 11.8 Å². The maximum absolute atomic E-state index is 12.9. The van der Waals surface area contributed by atoms with Crippen LogP contribution in [-0.2, 0) is 22.7 Å². The van der Waals surface area contributed by atoms with E-state index in [2.05, 4.69) is 26.3 Å². The van der Waals surface area contributed by atoms with E-state index in [0.29, 0.717) is 28.6 Å². The summed E-state index contributed by atoms with van der Waals surface area (Å²) >= 11 is 0. The molecule has 4 aromatic rings. The van der Waals surface area contributed by atoms with E-state index in [4.69, 9.17) is 9.47 Å². The maximum Gasteiger partial charge on any atom is 0.253 e. The average molecular weight is 541 g/mol. The molecule has 3 amide bonds. The number of carbonyl (C=O) groups is 3. The zero-order chi connectivity index (χ0) is 28.3. The molecule has 0 atom stereocenters. The van der Waals surface area contributed by atoms with Gasteiger partial charge in [0.1, 0.15) is 12.2 Å². The molecule has 0 aliphatic carbocycles. The van der Waals surface area contributed by atoms with Crippen LogP contribution in [0.2, 0.25) is 0 Å². The fraction of sp³-hybridized carbons (Fsp3) is 0.138. The second-order valence-corrected chi connectivity index (χ2v) is 8.49. The zero-order valence-corrected chi connectivity index (χ0v) is 22.0. The lowest BCUT2D eigenvalue weighted by Crippen LogP contribution is -2.24. The van der Waals surface area contributed by atoms with Crippen LogP contribution in [0.15, 0.2) is 85.1 Å². The number of nitrogens with zero attached hydrogens (tertiary/aromatic N) is 3. The van der Waals surface area contributed by atoms with Crippen LogP contribution in [0.1, 0.15) is 21.6 Å². The first kappa shape index (κ1) is 27.6. The molecule has 0 fully saturated rings. The molecule has 3 aromatic carbocycles. The van der Waals surface area contributed by atoms with Crippen molar-refractivity contribution in [3.8, 4) is 11.5 Å². The molecule has 0 aliphatic heterocycles. The van der Waals surface area contributed by atoms with E-state index in [-0.39, 0.29) is 24.6 Å². The highest BCUT2D eigenvalue weighted by molar-refractivity contribution is 6.07. The van der Waals surface area contributed by atoms with Gasteiger partial charge >= 0.3 is 0 Å². The van der Waals surface area contributed by atoms with Crippen molar-refractivity contribution < 1.29 is 23.9 Å². The Morgan fingerprint density at radius 2 is 1.65 bits per heavy atom. The Balaban J connectivity index is 1.32. The molecule has 0 aliphatic rings. The topological polar surface area (TPSA) is 136 Å². The first-order chi connectivity index (χ1) is 19.4. The molecule has 0 radical (unpaired) electrons. The Morgan fingerprint density at radius 3 is 2.42 bits per heavy atom.